The number of amides is 1. The van der Waals surface area contributed by atoms with Crippen molar-refractivity contribution < 1.29 is 19.0 Å². The van der Waals surface area contributed by atoms with Gasteiger partial charge in [-0.3, -0.25) is 4.79 Å². The highest BCUT2D eigenvalue weighted by Gasteiger charge is 2.06. The van der Waals surface area contributed by atoms with E-state index in [1.54, 1.807) is 38.5 Å². The van der Waals surface area contributed by atoms with Gasteiger partial charge in [0.05, 0.1) is 27.0 Å². The highest BCUT2D eigenvalue weighted by atomic mass is 16.5. The van der Waals surface area contributed by atoms with E-state index in [1.165, 1.54) is 51.2 Å². The van der Waals surface area contributed by atoms with Crippen molar-refractivity contribution >= 4 is 12.1 Å². The van der Waals surface area contributed by atoms with Crippen LogP contribution >= 0.6 is 0 Å². The molecule has 0 bridgehead atoms. The summed E-state index contributed by atoms with van der Waals surface area (Å²) < 4.78 is 16.3. The van der Waals surface area contributed by atoms with Gasteiger partial charge < -0.3 is 14.2 Å². The van der Waals surface area contributed by atoms with Crippen molar-refractivity contribution in [1.29, 1.82) is 0 Å². The van der Waals surface area contributed by atoms with Crippen molar-refractivity contribution in [2.45, 2.75) is 58.3 Å². The Labute approximate surface area is 192 Å². The van der Waals surface area contributed by atoms with Gasteiger partial charge in [-0.1, -0.05) is 51.9 Å². The molecule has 0 spiro atoms. The number of carbonyl (C=O) groups excluding carboxylic acids is 1. The number of unbranched alkanes of at least 4 members (excludes halogenated alkanes) is 7. The standard InChI is InChI=1S/C26H36N2O4/c1-4-5-6-7-8-9-10-11-18-32-23-15-12-21(13-16-23)26(29)28-27-20-22-14-17-24(30-2)19-25(22)31-3/h12-17,19-20H,4-11,18H2,1-3H3,(H,28,29)/b27-20+. The van der Waals surface area contributed by atoms with E-state index in [-0.39, 0.29) is 5.91 Å². The lowest BCUT2D eigenvalue weighted by atomic mass is 10.1. The zero-order valence-corrected chi connectivity index (χ0v) is 19.6. The van der Waals surface area contributed by atoms with Gasteiger partial charge in [0.15, 0.2) is 0 Å². The van der Waals surface area contributed by atoms with Crippen molar-refractivity contribution in [2.75, 3.05) is 20.8 Å². The molecule has 0 heterocycles. The number of methoxy groups -OCH3 is 2. The second kappa shape index (κ2) is 14.9. The van der Waals surface area contributed by atoms with E-state index >= 15 is 0 Å². The maximum atomic E-state index is 12.3. The molecule has 0 aliphatic carbocycles. The molecule has 2 aromatic carbocycles. The number of benzene rings is 2. The number of hydrazone groups is 1. The molecule has 0 aromatic heterocycles. The SMILES string of the molecule is CCCCCCCCCCOc1ccc(C(=O)N/N=C/c2ccc(OC)cc2OC)cc1. The summed E-state index contributed by atoms with van der Waals surface area (Å²) in [4.78, 5) is 12.3. The fraction of sp³-hybridized carbons (Fsp3) is 0.462. The Hall–Kier alpha value is -3.02. The Morgan fingerprint density at radius 1 is 0.875 bits per heavy atom. The molecule has 32 heavy (non-hydrogen) atoms. The number of hydrogen-bond acceptors (Lipinski definition) is 5. The average Bonchev–Trinajstić information content (AvgIpc) is 2.83. The molecule has 6 heteroatoms. The molecule has 1 N–H and O–H groups in total. The molecule has 174 valence electrons. The zero-order chi connectivity index (χ0) is 23.0. The lowest BCUT2D eigenvalue weighted by Gasteiger charge is -2.08. The highest BCUT2D eigenvalue weighted by molar-refractivity contribution is 5.95. The van der Waals surface area contributed by atoms with E-state index in [9.17, 15) is 4.79 Å². The van der Waals surface area contributed by atoms with Crippen molar-refractivity contribution in [1.82, 2.24) is 5.43 Å². The number of rotatable bonds is 15. The van der Waals surface area contributed by atoms with Gasteiger partial charge in [-0.15, -0.1) is 0 Å². The molecule has 1 amide bonds. The Bertz CT molecular complexity index is 834. The van der Waals surface area contributed by atoms with E-state index in [4.69, 9.17) is 14.2 Å². The van der Waals surface area contributed by atoms with Crippen LogP contribution < -0.4 is 19.6 Å². The van der Waals surface area contributed by atoms with Crippen molar-refractivity contribution in [2.24, 2.45) is 5.10 Å². The fourth-order valence-electron chi connectivity index (χ4n) is 3.28. The minimum atomic E-state index is -0.289. The first-order chi connectivity index (χ1) is 15.7. The molecule has 0 fully saturated rings. The lowest BCUT2D eigenvalue weighted by molar-refractivity contribution is 0.0955. The van der Waals surface area contributed by atoms with Crippen LogP contribution in [0.15, 0.2) is 47.6 Å². The van der Waals surface area contributed by atoms with Crippen LogP contribution in [-0.4, -0.2) is 32.9 Å². The molecular weight excluding hydrogens is 404 g/mol. The number of hydrogen-bond donors (Lipinski definition) is 1. The van der Waals surface area contributed by atoms with Crippen LogP contribution in [0.4, 0.5) is 0 Å². The van der Waals surface area contributed by atoms with Gasteiger partial charge in [0.1, 0.15) is 17.2 Å². The van der Waals surface area contributed by atoms with Gasteiger partial charge >= 0.3 is 0 Å². The summed E-state index contributed by atoms with van der Waals surface area (Å²) in [6.07, 6.45) is 11.7. The van der Waals surface area contributed by atoms with Crippen LogP contribution in [0.25, 0.3) is 0 Å². The summed E-state index contributed by atoms with van der Waals surface area (Å²) in [5.74, 6) is 1.78. The van der Waals surface area contributed by atoms with Crippen LogP contribution in [0.2, 0.25) is 0 Å². The second-order valence-corrected chi connectivity index (χ2v) is 7.65. The normalized spacial score (nSPS) is 10.8. The van der Waals surface area contributed by atoms with Gasteiger partial charge in [-0.2, -0.15) is 5.10 Å². The maximum absolute atomic E-state index is 12.3. The van der Waals surface area contributed by atoms with Crippen molar-refractivity contribution in [3.8, 4) is 17.2 Å². The summed E-state index contributed by atoms with van der Waals surface area (Å²) in [5, 5.41) is 4.03. The Kier molecular flexibility index (Phi) is 11.7. The fourth-order valence-corrected chi connectivity index (χ4v) is 3.28. The number of carbonyl (C=O) groups is 1. The van der Waals surface area contributed by atoms with Gasteiger partial charge in [-0.05, 0) is 42.8 Å². The molecule has 0 aliphatic rings. The number of ether oxygens (including phenoxy) is 3. The van der Waals surface area contributed by atoms with Crippen LogP contribution in [0.5, 0.6) is 17.2 Å². The second-order valence-electron chi connectivity index (χ2n) is 7.65. The van der Waals surface area contributed by atoms with Gasteiger partial charge in [0.25, 0.3) is 5.91 Å². The van der Waals surface area contributed by atoms with Crippen molar-refractivity contribution in [3.05, 3.63) is 53.6 Å². The molecule has 0 atom stereocenters. The molecule has 2 rings (SSSR count). The van der Waals surface area contributed by atoms with E-state index in [0.29, 0.717) is 23.7 Å². The molecule has 6 nitrogen and oxygen atoms in total. The maximum Gasteiger partial charge on any atom is 0.271 e. The van der Waals surface area contributed by atoms with Crippen LogP contribution in [0.3, 0.4) is 0 Å². The zero-order valence-electron chi connectivity index (χ0n) is 19.6. The smallest absolute Gasteiger partial charge is 0.271 e. The molecular formula is C26H36N2O4. The van der Waals surface area contributed by atoms with E-state index in [2.05, 4.69) is 17.5 Å². The Morgan fingerprint density at radius 2 is 1.53 bits per heavy atom. The summed E-state index contributed by atoms with van der Waals surface area (Å²) in [7, 11) is 3.17. The average molecular weight is 441 g/mol. The first-order valence-electron chi connectivity index (χ1n) is 11.5. The van der Waals surface area contributed by atoms with E-state index in [1.807, 2.05) is 18.2 Å². The van der Waals surface area contributed by atoms with Gasteiger partial charge in [-0.25, -0.2) is 5.43 Å². The summed E-state index contributed by atoms with van der Waals surface area (Å²) >= 11 is 0. The summed E-state index contributed by atoms with van der Waals surface area (Å²) in [6, 6.07) is 12.5. The lowest BCUT2D eigenvalue weighted by Crippen LogP contribution is -2.17. The van der Waals surface area contributed by atoms with Crippen LogP contribution in [-0.2, 0) is 0 Å². The summed E-state index contributed by atoms with van der Waals surface area (Å²) in [5.41, 5.74) is 3.79. The third-order valence-corrected chi connectivity index (χ3v) is 5.19. The molecule has 2 aromatic rings. The number of nitrogens with zero attached hydrogens (tertiary/aromatic N) is 1. The topological polar surface area (TPSA) is 69.2 Å². The Morgan fingerprint density at radius 3 is 2.19 bits per heavy atom. The molecule has 0 unspecified atom stereocenters. The largest absolute Gasteiger partial charge is 0.497 e. The highest BCUT2D eigenvalue weighted by Crippen LogP contribution is 2.23. The van der Waals surface area contributed by atoms with Crippen LogP contribution in [0, 0.1) is 0 Å². The van der Waals surface area contributed by atoms with Gasteiger partial charge in [0, 0.05) is 17.2 Å². The predicted octanol–water partition coefficient (Wildman–Crippen LogP) is 5.99. The van der Waals surface area contributed by atoms with Gasteiger partial charge in [0.2, 0.25) is 0 Å². The number of nitrogens with one attached hydrogen (secondary N) is 1. The first kappa shape index (κ1) is 25.2. The van der Waals surface area contributed by atoms with E-state index < -0.39 is 0 Å². The van der Waals surface area contributed by atoms with E-state index in [0.717, 1.165) is 17.7 Å². The van der Waals surface area contributed by atoms with Crippen molar-refractivity contribution in [3.63, 3.8) is 0 Å². The molecule has 0 saturated heterocycles. The van der Waals surface area contributed by atoms with Crippen LogP contribution in [0.1, 0.15) is 74.2 Å². The molecule has 0 radical (unpaired) electrons. The first-order valence-corrected chi connectivity index (χ1v) is 11.5. The quantitative estimate of drug-likeness (QED) is 0.210. The minimum absolute atomic E-state index is 0.289. The third-order valence-electron chi connectivity index (χ3n) is 5.19. The predicted molar refractivity (Wildman–Crippen MR) is 129 cm³/mol. The minimum Gasteiger partial charge on any atom is -0.497 e. The molecule has 0 aliphatic heterocycles. The third kappa shape index (κ3) is 9.00. The monoisotopic (exact) mass is 440 g/mol. The molecule has 0 saturated carbocycles. The summed E-state index contributed by atoms with van der Waals surface area (Å²) in [6.45, 7) is 2.94. The Balaban J connectivity index is 1.71.